The van der Waals surface area contributed by atoms with E-state index in [1.54, 1.807) is 0 Å². The second kappa shape index (κ2) is 6.98. The van der Waals surface area contributed by atoms with E-state index in [1.165, 1.54) is 24.8 Å². The number of carbonyl (C=O) groups excluding carboxylic acids is 2. The standard InChI is InChI=1S/C22H31IO3/c1-21-9-7-15(24)11-14(21)3-4-16-17-5-6-19(20(25)12-26-13-23)22(17,2)10-8-18(16)21/h11,16-19H,3-10,12-13H2,1-2H3/t16-,17-,18?,19+,21-,22-/m0/s1. The highest BCUT2D eigenvalue weighted by Crippen LogP contribution is 2.66. The zero-order valence-corrected chi connectivity index (χ0v) is 18.2. The fourth-order valence-electron chi connectivity index (χ4n) is 7.33. The van der Waals surface area contributed by atoms with Gasteiger partial charge in [-0.3, -0.25) is 9.59 Å². The lowest BCUT2D eigenvalue weighted by Crippen LogP contribution is -2.51. The van der Waals surface area contributed by atoms with E-state index in [-0.39, 0.29) is 23.4 Å². The zero-order chi connectivity index (χ0) is 18.5. The fourth-order valence-corrected chi connectivity index (χ4v) is 7.55. The first-order chi connectivity index (χ1) is 12.4. The summed E-state index contributed by atoms with van der Waals surface area (Å²) in [4.78, 5) is 24.7. The maximum atomic E-state index is 12.8. The van der Waals surface area contributed by atoms with Gasteiger partial charge >= 0.3 is 0 Å². The lowest BCUT2D eigenvalue weighted by atomic mass is 9.46. The van der Waals surface area contributed by atoms with E-state index in [2.05, 4.69) is 36.4 Å². The summed E-state index contributed by atoms with van der Waals surface area (Å²) >= 11 is 2.17. The van der Waals surface area contributed by atoms with Crippen LogP contribution >= 0.6 is 22.6 Å². The van der Waals surface area contributed by atoms with Crippen molar-refractivity contribution in [3.63, 3.8) is 0 Å². The Balaban J connectivity index is 1.57. The van der Waals surface area contributed by atoms with Gasteiger partial charge in [0.2, 0.25) is 0 Å². The lowest BCUT2D eigenvalue weighted by molar-refractivity contribution is -0.134. The van der Waals surface area contributed by atoms with E-state index >= 15 is 0 Å². The number of alkyl halides is 1. The second-order valence-electron chi connectivity index (χ2n) is 9.57. The molecule has 3 nitrogen and oxygen atoms in total. The van der Waals surface area contributed by atoms with Crippen molar-refractivity contribution in [2.45, 2.75) is 65.2 Å². The molecule has 0 aromatic carbocycles. The summed E-state index contributed by atoms with van der Waals surface area (Å²) in [5.41, 5.74) is 1.82. The Morgan fingerprint density at radius 3 is 2.73 bits per heavy atom. The van der Waals surface area contributed by atoms with E-state index in [4.69, 9.17) is 4.74 Å². The number of ether oxygens (including phenoxy) is 1. The molecular weight excluding hydrogens is 439 g/mol. The number of carbonyl (C=O) groups is 2. The molecule has 144 valence electrons. The molecule has 4 aliphatic carbocycles. The largest absolute Gasteiger partial charge is 0.363 e. The third-order valence-corrected chi connectivity index (χ3v) is 9.11. The summed E-state index contributed by atoms with van der Waals surface area (Å²) in [6.07, 6.45) is 10.7. The maximum Gasteiger partial charge on any atom is 0.162 e. The molecule has 26 heavy (non-hydrogen) atoms. The summed E-state index contributed by atoms with van der Waals surface area (Å²) < 4.78 is 6.02. The van der Waals surface area contributed by atoms with Crippen LogP contribution in [0.5, 0.6) is 0 Å². The average molecular weight is 470 g/mol. The van der Waals surface area contributed by atoms with Gasteiger partial charge in [0, 0.05) is 12.3 Å². The van der Waals surface area contributed by atoms with Crippen molar-refractivity contribution in [1.29, 1.82) is 0 Å². The smallest absolute Gasteiger partial charge is 0.162 e. The molecular formula is C22H31IO3. The van der Waals surface area contributed by atoms with E-state index in [9.17, 15) is 9.59 Å². The molecule has 0 aliphatic heterocycles. The predicted octanol–water partition coefficient (Wildman–Crippen LogP) is 5.11. The monoisotopic (exact) mass is 470 g/mol. The molecule has 0 aromatic heterocycles. The quantitative estimate of drug-likeness (QED) is 0.424. The predicted molar refractivity (Wildman–Crippen MR) is 110 cm³/mol. The van der Waals surface area contributed by atoms with Crippen molar-refractivity contribution in [3.8, 4) is 0 Å². The van der Waals surface area contributed by atoms with Crippen molar-refractivity contribution >= 4 is 34.2 Å². The zero-order valence-electron chi connectivity index (χ0n) is 16.1. The molecule has 6 atom stereocenters. The summed E-state index contributed by atoms with van der Waals surface area (Å²) in [6, 6.07) is 0. The Morgan fingerprint density at radius 1 is 1.15 bits per heavy atom. The van der Waals surface area contributed by atoms with Gasteiger partial charge in [-0.2, -0.15) is 0 Å². The highest BCUT2D eigenvalue weighted by molar-refractivity contribution is 14.1. The van der Waals surface area contributed by atoms with Crippen LogP contribution in [0, 0.1) is 34.5 Å². The molecule has 0 saturated heterocycles. The maximum absolute atomic E-state index is 12.8. The van der Waals surface area contributed by atoms with E-state index in [0.717, 1.165) is 38.0 Å². The highest BCUT2D eigenvalue weighted by Gasteiger charge is 2.59. The summed E-state index contributed by atoms with van der Waals surface area (Å²) in [6.45, 7) is 5.11. The van der Waals surface area contributed by atoms with E-state index < -0.39 is 0 Å². The van der Waals surface area contributed by atoms with Crippen molar-refractivity contribution in [2.24, 2.45) is 34.5 Å². The Kier molecular flexibility index (Phi) is 5.13. The van der Waals surface area contributed by atoms with Crippen molar-refractivity contribution in [1.82, 2.24) is 0 Å². The van der Waals surface area contributed by atoms with Gasteiger partial charge in [-0.1, -0.05) is 42.0 Å². The molecule has 0 aromatic rings. The normalized spacial score (nSPS) is 44.7. The minimum atomic E-state index is 0.162. The average Bonchev–Trinajstić information content (AvgIpc) is 2.97. The van der Waals surface area contributed by atoms with Gasteiger partial charge in [-0.15, -0.1) is 0 Å². The van der Waals surface area contributed by atoms with Gasteiger partial charge in [0.25, 0.3) is 0 Å². The molecule has 4 aliphatic rings. The first-order valence-electron chi connectivity index (χ1n) is 10.3. The number of fused-ring (bicyclic) bond motifs is 5. The third kappa shape index (κ3) is 2.85. The number of hydrogen-bond donors (Lipinski definition) is 0. The number of halogens is 1. The van der Waals surface area contributed by atoms with E-state index in [1.807, 2.05) is 6.08 Å². The fraction of sp³-hybridized carbons (Fsp3) is 0.818. The van der Waals surface area contributed by atoms with Crippen LogP contribution in [-0.2, 0) is 14.3 Å². The van der Waals surface area contributed by atoms with Gasteiger partial charge in [0.1, 0.15) is 6.61 Å². The Labute approximate surface area is 170 Å². The van der Waals surface area contributed by atoms with Crippen LogP contribution in [-0.4, -0.2) is 22.8 Å². The number of rotatable bonds is 4. The second-order valence-corrected chi connectivity index (χ2v) is 10.2. The third-order valence-electron chi connectivity index (χ3n) is 8.67. The van der Waals surface area contributed by atoms with Crippen LogP contribution in [0.4, 0.5) is 0 Å². The highest BCUT2D eigenvalue weighted by atomic mass is 127. The minimum absolute atomic E-state index is 0.162. The van der Waals surface area contributed by atoms with Crippen LogP contribution in [0.2, 0.25) is 0 Å². The molecule has 4 rings (SSSR count). The van der Waals surface area contributed by atoms with Crippen LogP contribution < -0.4 is 0 Å². The first-order valence-corrected chi connectivity index (χ1v) is 11.8. The molecule has 0 amide bonds. The lowest BCUT2D eigenvalue weighted by Gasteiger charge is -2.58. The SMILES string of the molecule is C[C@]12CCC3[C@@H](CCC4=CC(=O)CC[C@@]43C)[C@@H]1CC[C@@H]2C(=O)COCI. The topological polar surface area (TPSA) is 43.4 Å². The molecule has 0 bridgehead atoms. The summed E-state index contributed by atoms with van der Waals surface area (Å²) in [5.74, 6) is 2.95. The van der Waals surface area contributed by atoms with Crippen molar-refractivity contribution in [2.75, 3.05) is 11.2 Å². The molecule has 4 heteroatoms. The van der Waals surface area contributed by atoms with Gasteiger partial charge in [-0.05, 0) is 79.6 Å². The van der Waals surface area contributed by atoms with Crippen LogP contribution in [0.15, 0.2) is 11.6 Å². The molecule has 0 radical (unpaired) electrons. The Hall–Kier alpha value is -0.230. The minimum Gasteiger partial charge on any atom is -0.363 e. The van der Waals surface area contributed by atoms with Gasteiger partial charge in [-0.25, -0.2) is 0 Å². The molecule has 3 fully saturated rings. The molecule has 1 unspecified atom stereocenters. The number of allylic oxidation sites excluding steroid dienone is 1. The van der Waals surface area contributed by atoms with Gasteiger partial charge in [0.15, 0.2) is 11.6 Å². The van der Waals surface area contributed by atoms with E-state index in [0.29, 0.717) is 28.0 Å². The molecule has 0 N–H and O–H groups in total. The van der Waals surface area contributed by atoms with Crippen LogP contribution in [0.25, 0.3) is 0 Å². The summed E-state index contributed by atoms with van der Waals surface area (Å²) in [5, 5.41) is 0. The first kappa shape index (κ1) is 19.1. The summed E-state index contributed by atoms with van der Waals surface area (Å²) in [7, 11) is 0. The molecule has 0 spiro atoms. The number of hydrogen-bond acceptors (Lipinski definition) is 3. The number of ketones is 2. The van der Waals surface area contributed by atoms with Crippen LogP contribution in [0.1, 0.15) is 65.2 Å². The molecule has 3 saturated carbocycles. The molecule has 0 heterocycles. The van der Waals surface area contributed by atoms with Crippen molar-refractivity contribution < 1.29 is 14.3 Å². The van der Waals surface area contributed by atoms with Crippen LogP contribution in [0.3, 0.4) is 0 Å². The van der Waals surface area contributed by atoms with Gasteiger partial charge in [0.05, 0.1) is 4.61 Å². The number of Topliss-reactive ketones (excluding diaryl/α,β-unsaturated/α-hetero) is 1. The van der Waals surface area contributed by atoms with Gasteiger partial charge < -0.3 is 4.74 Å². The Bertz CT molecular complexity index is 641. The van der Waals surface area contributed by atoms with Crippen molar-refractivity contribution in [3.05, 3.63) is 11.6 Å². The Morgan fingerprint density at radius 2 is 1.96 bits per heavy atom.